The lowest BCUT2D eigenvalue weighted by Crippen LogP contribution is -2.20. The van der Waals surface area contributed by atoms with Crippen LogP contribution in [0.3, 0.4) is 0 Å². The molecule has 0 radical (unpaired) electrons. The average molecular weight is 236 g/mol. The minimum absolute atomic E-state index is 0.279. The molecule has 1 atom stereocenters. The van der Waals surface area contributed by atoms with Gasteiger partial charge in [-0.25, -0.2) is 9.97 Å². The number of aryl methyl sites for hydroxylation is 1. The highest BCUT2D eigenvalue weighted by Crippen LogP contribution is 2.26. The maximum atomic E-state index is 9.53. The van der Waals surface area contributed by atoms with Crippen molar-refractivity contribution in [3.63, 3.8) is 0 Å². The van der Waals surface area contributed by atoms with Crippen LogP contribution < -0.4 is 5.73 Å². The topological polar surface area (TPSA) is 97.2 Å². The lowest BCUT2D eigenvalue weighted by Gasteiger charge is -2.11. The van der Waals surface area contributed by atoms with Crippen LogP contribution in [0.15, 0.2) is 6.33 Å². The van der Waals surface area contributed by atoms with E-state index in [4.69, 9.17) is 10.8 Å². The summed E-state index contributed by atoms with van der Waals surface area (Å²) in [4.78, 5) is 8.15. The van der Waals surface area contributed by atoms with Crippen molar-refractivity contribution in [2.24, 2.45) is 0 Å². The van der Waals surface area contributed by atoms with Crippen molar-refractivity contribution < 1.29 is 10.2 Å². The first-order valence-electron chi connectivity index (χ1n) is 5.41. The van der Waals surface area contributed by atoms with E-state index in [0.29, 0.717) is 18.0 Å². The first kappa shape index (κ1) is 11.8. The van der Waals surface area contributed by atoms with Crippen LogP contribution >= 0.6 is 0 Å². The SMILES string of the molecule is Cc1c(C)n(CC(O)CO)c2ncnc(N)c12. The number of aliphatic hydroxyl groups is 2. The van der Waals surface area contributed by atoms with Crippen LogP contribution in [0.1, 0.15) is 11.3 Å². The number of rotatable bonds is 3. The summed E-state index contributed by atoms with van der Waals surface area (Å²) in [5.41, 5.74) is 8.50. The van der Waals surface area contributed by atoms with Gasteiger partial charge in [0.2, 0.25) is 0 Å². The quantitative estimate of drug-likeness (QED) is 0.696. The fraction of sp³-hybridized carbons (Fsp3) is 0.455. The molecule has 2 aromatic rings. The predicted molar refractivity (Wildman–Crippen MR) is 64.5 cm³/mol. The van der Waals surface area contributed by atoms with Crippen LogP contribution in [0.25, 0.3) is 11.0 Å². The van der Waals surface area contributed by atoms with Gasteiger partial charge in [-0.15, -0.1) is 0 Å². The van der Waals surface area contributed by atoms with E-state index in [9.17, 15) is 5.11 Å². The molecule has 0 bridgehead atoms. The third kappa shape index (κ3) is 1.85. The van der Waals surface area contributed by atoms with Crippen molar-refractivity contribution in [1.82, 2.24) is 14.5 Å². The minimum atomic E-state index is -0.806. The van der Waals surface area contributed by atoms with E-state index in [1.807, 2.05) is 18.4 Å². The number of fused-ring (bicyclic) bond motifs is 1. The third-order valence-electron chi connectivity index (χ3n) is 3.04. The second-order valence-electron chi connectivity index (χ2n) is 4.11. The number of anilines is 1. The Labute approximate surface area is 98.7 Å². The zero-order valence-electron chi connectivity index (χ0n) is 9.88. The Morgan fingerprint density at radius 1 is 1.41 bits per heavy atom. The van der Waals surface area contributed by atoms with Crippen molar-refractivity contribution in [3.05, 3.63) is 17.6 Å². The number of nitrogens with two attached hydrogens (primary N) is 1. The van der Waals surface area contributed by atoms with Crippen LogP contribution in [-0.4, -0.2) is 37.5 Å². The van der Waals surface area contributed by atoms with Gasteiger partial charge in [-0.3, -0.25) is 0 Å². The van der Waals surface area contributed by atoms with Gasteiger partial charge in [-0.2, -0.15) is 0 Å². The lowest BCUT2D eigenvalue weighted by atomic mass is 10.2. The van der Waals surface area contributed by atoms with E-state index in [2.05, 4.69) is 9.97 Å². The summed E-state index contributed by atoms with van der Waals surface area (Å²) in [6, 6.07) is 0. The number of hydrogen-bond acceptors (Lipinski definition) is 5. The first-order chi connectivity index (χ1) is 8.06. The molecule has 0 aliphatic rings. The Morgan fingerprint density at radius 3 is 2.76 bits per heavy atom. The molecule has 0 spiro atoms. The van der Waals surface area contributed by atoms with Gasteiger partial charge in [0, 0.05) is 5.69 Å². The van der Waals surface area contributed by atoms with Crippen molar-refractivity contribution in [3.8, 4) is 0 Å². The molecule has 6 nitrogen and oxygen atoms in total. The van der Waals surface area contributed by atoms with E-state index in [1.165, 1.54) is 6.33 Å². The molecule has 2 aromatic heterocycles. The monoisotopic (exact) mass is 236 g/mol. The van der Waals surface area contributed by atoms with E-state index >= 15 is 0 Å². The molecule has 4 N–H and O–H groups in total. The van der Waals surface area contributed by atoms with Gasteiger partial charge in [-0.1, -0.05) is 0 Å². The standard InChI is InChI=1S/C11H16N4O2/c1-6-7(2)15(3-8(17)4-16)11-9(6)10(12)13-5-14-11/h5,8,16-17H,3-4H2,1-2H3,(H2,12,13,14). The van der Waals surface area contributed by atoms with E-state index < -0.39 is 6.10 Å². The summed E-state index contributed by atoms with van der Waals surface area (Å²) in [7, 11) is 0. The van der Waals surface area contributed by atoms with Crippen LogP contribution in [0.4, 0.5) is 5.82 Å². The molecule has 1 unspecified atom stereocenters. The molecule has 6 heteroatoms. The number of hydrogen-bond donors (Lipinski definition) is 3. The summed E-state index contributed by atoms with van der Waals surface area (Å²) in [6.07, 6.45) is 0.596. The Morgan fingerprint density at radius 2 is 2.12 bits per heavy atom. The van der Waals surface area contributed by atoms with Crippen LogP contribution in [0, 0.1) is 13.8 Å². The Bertz CT molecular complexity index is 550. The van der Waals surface area contributed by atoms with Gasteiger partial charge in [0.25, 0.3) is 0 Å². The fourth-order valence-electron chi connectivity index (χ4n) is 1.99. The highest BCUT2D eigenvalue weighted by atomic mass is 16.3. The molecular formula is C11H16N4O2. The highest BCUT2D eigenvalue weighted by molar-refractivity contribution is 5.90. The van der Waals surface area contributed by atoms with Crippen LogP contribution in [-0.2, 0) is 6.54 Å². The summed E-state index contributed by atoms with van der Waals surface area (Å²) in [6.45, 7) is 3.89. The maximum absolute atomic E-state index is 9.53. The fourth-order valence-corrected chi connectivity index (χ4v) is 1.99. The van der Waals surface area contributed by atoms with Gasteiger partial charge in [-0.05, 0) is 19.4 Å². The zero-order valence-corrected chi connectivity index (χ0v) is 9.88. The molecule has 0 saturated carbocycles. The largest absolute Gasteiger partial charge is 0.394 e. The summed E-state index contributed by atoms with van der Waals surface area (Å²) >= 11 is 0. The molecule has 17 heavy (non-hydrogen) atoms. The molecule has 2 rings (SSSR count). The smallest absolute Gasteiger partial charge is 0.146 e. The summed E-state index contributed by atoms with van der Waals surface area (Å²) < 4.78 is 1.85. The van der Waals surface area contributed by atoms with E-state index in [-0.39, 0.29) is 6.61 Å². The third-order valence-corrected chi connectivity index (χ3v) is 3.04. The molecule has 92 valence electrons. The summed E-state index contributed by atoms with van der Waals surface area (Å²) in [5.74, 6) is 0.438. The Balaban J connectivity index is 2.63. The second kappa shape index (κ2) is 4.31. The number of aromatic nitrogens is 3. The van der Waals surface area contributed by atoms with Crippen molar-refractivity contribution in [1.29, 1.82) is 0 Å². The second-order valence-corrected chi connectivity index (χ2v) is 4.11. The normalized spacial score (nSPS) is 13.2. The van der Waals surface area contributed by atoms with E-state index in [1.54, 1.807) is 0 Å². The average Bonchev–Trinajstić information content (AvgIpc) is 2.55. The van der Waals surface area contributed by atoms with Gasteiger partial charge >= 0.3 is 0 Å². The number of nitrogens with zero attached hydrogens (tertiary/aromatic N) is 3. The molecule has 0 aliphatic heterocycles. The van der Waals surface area contributed by atoms with Crippen molar-refractivity contribution in [2.75, 3.05) is 12.3 Å². The molecule has 2 heterocycles. The molecular weight excluding hydrogens is 220 g/mol. The minimum Gasteiger partial charge on any atom is -0.394 e. The maximum Gasteiger partial charge on any atom is 0.146 e. The molecule has 0 amide bonds. The number of nitrogen functional groups attached to an aromatic ring is 1. The van der Waals surface area contributed by atoms with E-state index in [0.717, 1.165) is 16.6 Å². The van der Waals surface area contributed by atoms with Gasteiger partial charge in [0.15, 0.2) is 0 Å². The predicted octanol–water partition coefficient (Wildman–Crippen LogP) is -0.0165. The van der Waals surface area contributed by atoms with Crippen LogP contribution in [0.5, 0.6) is 0 Å². The molecule has 0 aromatic carbocycles. The summed E-state index contributed by atoms with van der Waals surface area (Å²) in [5, 5.41) is 19.2. The first-order valence-corrected chi connectivity index (χ1v) is 5.41. The van der Waals surface area contributed by atoms with Gasteiger partial charge in [0.1, 0.15) is 17.8 Å². The van der Waals surface area contributed by atoms with Crippen LogP contribution in [0.2, 0.25) is 0 Å². The van der Waals surface area contributed by atoms with Crippen molar-refractivity contribution in [2.45, 2.75) is 26.5 Å². The Kier molecular flexibility index (Phi) is 2.99. The molecule has 0 saturated heterocycles. The zero-order chi connectivity index (χ0) is 12.6. The number of aliphatic hydroxyl groups excluding tert-OH is 2. The molecule has 0 fully saturated rings. The van der Waals surface area contributed by atoms with Gasteiger partial charge < -0.3 is 20.5 Å². The van der Waals surface area contributed by atoms with Crippen molar-refractivity contribution >= 4 is 16.9 Å². The highest BCUT2D eigenvalue weighted by Gasteiger charge is 2.16. The molecule has 0 aliphatic carbocycles. The lowest BCUT2D eigenvalue weighted by molar-refractivity contribution is 0.0816. The Hall–Kier alpha value is -1.66. The van der Waals surface area contributed by atoms with Gasteiger partial charge in [0.05, 0.1) is 24.6 Å².